The first-order valence-corrected chi connectivity index (χ1v) is 10.0. The van der Waals surface area contributed by atoms with Gasteiger partial charge in [-0.05, 0) is 19.9 Å². The van der Waals surface area contributed by atoms with Gasteiger partial charge in [0.2, 0.25) is 10.0 Å². The number of hydrogen-bond acceptors (Lipinski definition) is 5. The van der Waals surface area contributed by atoms with Crippen molar-refractivity contribution in [1.82, 2.24) is 8.87 Å². The lowest BCUT2D eigenvalue weighted by Gasteiger charge is -2.15. The largest absolute Gasteiger partial charge is 0.346 e. The van der Waals surface area contributed by atoms with Gasteiger partial charge in [0.1, 0.15) is 14.7 Å². The molecule has 0 aliphatic rings. The molecule has 0 aromatic carbocycles. The van der Waals surface area contributed by atoms with Crippen molar-refractivity contribution < 1.29 is 16.8 Å². The van der Waals surface area contributed by atoms with Gasteiger partial charge in [0.15, 0.2) is 0 Å². The lowest BCUT2D eigenvalue weighted by atomic mass is 10.3. The summed E-state index contributed by atoms with van der Waals surface area (Å²) < 4.78 is 50.0. The predicted molar refractivity (Wildman–Crippen MR) is 82.2 cm³/mol. The summed E-state index contributed by atoms with van der Waals surface area (Å²) in [5.74, 6) is -0.211. The predicted octanol–water partition coefficient (Wildman–Crippen LogP) is 0.193. The third-order valence-electron chi connectivity index (χ3n) is 3.16. The van der Waals surface area contributed by atoms with E-state index in [4.69, 9.17) is 5.73 Å². The van der Waals surface area contributed by atoms with Crippen LogP contribution in [0.5, 0.6) is 0 Å². The Balaban J connectivity index is 3.07. The maximum atomic E-state index is 12.4. The molecule has 0 amide bonds. The summed E-state index contributed by atoms with van der Waals surface area (Å²) in [5, 5.41) is 0. The van der Waals surface area contributed by atoms with E-state index in [0.29, 0.717) is 0 Å². The minimum absolute atomic E-state index is 0.0774. The van der Waals surface area contributed by atoms with Crippen LogP contribution in [-0.2, 0) is 26.4 Å². The van der Waals surface area contributed by atoms with Gasteiger partial charge in [-0.3, -0.25) is 0 Å². The standard InChI is InChI=1S/C12H23N3O4S2/c1-10(2)15-9-12(7-11(15)8-13)21(18,19)14(3)5-6-20(4,16)17/h7,9-10H,5-6,8,13H2,1-4H3. The molecule has 0 fully saturated rings. The minimum atomic E-state index is -3.71. The van der Waals surface area contributed by atoms with E-state index in [0.717, 1.165) is 16.3 Å². The van der Waals surface area contributed by atoms with E-state index in [1.807, 2.05) is 13.8 Å². The molecule has 7 nitrogen and oxygen atoms in total. The number of nitrogens with zero attached hydrogens (tertiary/aromatic N) is 2. The Kier molecular flexibility index (Phi) is 5.59. The number of aromatic nitrogens is 1. The van der Waals surface area contributed by atoms with Crippen LogP contribution in [0.4, 0.5) is 0 Å². The second kappa shape index (κ2) is 6.47. The normalized spacial score (nSPS) is 13.3. The molecule has 9 heteroatoms. The zero-order valence-electron chi connectivity index (χ0n) is 12.8. The fourth-order valence-corrected chi connectivity index (χ4v) is 3.82. The molecule has 0 spiro atoms. The lowest BCUT2D eigenvalue weighted by Crippen LogP contribution is -2.31. The van der Waals surface area contributed by atoms with Gasteiger partial charge < -0.3 is 10.3 Å². The van der Waals surface area contributed by atoms with Crippen molar-refractivity contribution in [3.63, 3.8) is 0 Å². The molecule has 1 rings (SSSR count). The molecule has 1 aromatic heterocycles. The second-order valence-corrected chi connectivity index (χ2v) is 9.63. The zero-order valence-corrected chi connectivity index (χ0v) is 14.4. The smallest absolute Gasteiger partial charge is 0.244 e. The summed E-state index contributed by atoms with van der Waals surface area (Å²) in [6.45, 7) is 4.03. The maximum Gasteiger partial charge on any atom is 0.244 e. The van der Waals surface area contributed by atoms with Gasteiger partial charge in [-0.25, -0.2) is 16.8 Å². The Bertz CT molecular complexity index is 690. The molecule has 0 radical (unpaired) electrons. The van der Waals surface area contributed by atoms with Gasteiger partial charge in [-0.15, -0.1) is 0 Å². The number of nitrogens with two attached hydrogens (primary N) is 1. The highest BCUT2D eigenvalue weighted by atomic mass is 32.2. The highest BCUT2D eigenvalue weighted by Gasteiger charge is 2.24. The fourth-order valence-electron chi connectivity index (χ4n) is 1.88. The Hall–Kier alpha value is -0.900. The molecule has 0 saturated carbocycles. The molecule has 122 valence electrons. The molecular formula is C12H23N3O4S2. The highest BCUT2D eigenvalue weighted by Crippen LogP contribution is 2.21. The summed E-state index contributed by atoms with van der Waals surface area (Å²) >= 11 is 0. The average Bonchev–Trinajstić information content (AvgIpc) is 2.79. The van der Waals surface area contributed by atoms with Crippen molar-refractivity contribution in [1.29, 1.82) is 0 Å². The summed E-state index contributed by atoms with van der Waals surface area (Å²) in [6, 6.07) is 1.63. The molecular weight excluding hydrogens is 314 g/mol. The van der Waals surface area contributed by atoms with E-state index in [-0.39, 0.29) is 29.8 Å². The van der Waals surface area contributed by atoms with Crippen LogP contribution in [0.25, 0.3) is 0 Å². The SMILES string of the molecule is CC(C)n1cc(S(=O)(=O)N(C)CCS(C)(=O)=O)cc1CN. The van der Waals surface area contributed by atoms with Crippen LogP contribution in [0.15, 0.2) is 17.2 Å². The summed E-state index contributed by atoms with van der Waals surface area (Å²) in [7, 11) is -5.56. The zero-order chi connectivity index (χ0) is 16.4. The first-order valence-electron chi connectivity index (χ1n) is 6.54. The van der Waals surface area contributed by atoms with E-state index in [1.165, 1.54) is 13.1 Å². The van der Waals surface area contributed by atoms with E-state index < -0.39 is 19.9 Å². The van der Waals surface area contributed by atoms with Gasteiger partial charge in [-0.2, -0.15) is 4.31 Å². The van der Waals surface area contributed by atoms with Gasteiger partial charge >= 0.3 is 0 Å². The molecule has 0 bridgehead atoms. The molecule has 2 N–H and O–H groups in total. The number of sulfone groups is 1. The Labute approximate surface area is 126 Å². The molecule has 0 aliphatic carbocycles. The van der Waals surface area contributed by atoms with Crippen molar-refractivity contribution in [3.05, 3.63) is 18.0 Å². The quantitative estimate of drug-likeness (QED) is 0.765. The van der Waals surface area contributed by atoms with Crippen molar-refractivity contribution in [2.24, 2.45) is 5.73 Å². The van der Waals surface area contributed by atoms with Crippen LogP contribution in [-0.4, -0.2) is 51.3 Å². The van der Waals surface area contributed by atoms with Crippen LogP contribution < -0.4 is 5.73 Å². The van der Waals surface area contributed by atoms with Gasteiger partial charge in [0, 0.05) is 44.3 Å². The van der Waals surface area contributed by atoms with Crippen molar-refractivity contribution in [2.45, 2.75) is 31.3 Å². The summed E-state index contributed by atoms with van der Waals surface area (Å²) in [6.07, 6.45) is 2.62. The maximum absolute atomic E-state index is 12.4. The second-order valence-electron chi connectivity index (χ2n) is 5.33. The van der Waals surface area contributed by atoms with Crippen molar-refractivity contribution in [3.8, 4) is 0 Å². The minimum Gasteiger partial charge on any atom is -0.346 e. The van der Waals surface area contributed by atoms with Crippen LogP contribution in [0.3, 0.4) is 0 Å². The molecule has 0 atom stereocenters. The van der Waals surface area contributed by atoms with Crippen LogP contribution in [0.2, 0.25) is 0 Å². The average molecular weight is 337 g/mol. The molecule has 0 aliphatic heterocycles. The number of rotatable bonds is 7. The first kappa shape index (κ1) is 18.1. The van der Waals surface area contributed by atoms with Crippen LogP contribution in [0, 0.1) is 0 Å². The molecule has 1 aromatic rings. The Morgan fingerprint density at radius 2 is 1.86 bits per heavy atom. The molecule has 1 heterocycles. The summed E-state index contributed by atoms with van der Waals surface area (Å²) in [4.78, 5) is 0.132. The van der Waals surface area contributed by atoms with Gasteiger partial charge in [0.25, 0.3) is 0 Å². The van der Waals surface area contributed by atoms with Crippen LogP contribution in [0.1, 0.15) is 25.6 Å². The molecule has 0 saturated heterocycles. The van der Waals surface area contributed by atoms with E-state index in [1.54, 1.807) is 10.8 Å². The third-order valence-corrected chi connectivity index (χ3v) is 5.90. The molecule has 0 unspecified atom stereocenters. The fraction of sp³-hybridized carbons (Fsp3) is 0.667. The van der Waals surface area contributed by atoms with Crippen LogP contribution >= 0.6 is 0 Å². The Morgan fingerprint density at radius 1 is 1.29 bits per heavy atom. The van der Waals surface area contributed by atoms with E-state index in [9.17, 15) is 16.8 Å². The Morgan fingerprint density at radius 3 is 2.24 bits per heavy atom. The van der Waals surface area contributed by atoms with Gasteiger partial charge in [0.05, 0.1) is 5.75 Å². The lowest BCUT2D eigenvalue weighted by molar-refractivity contribution is 0.484. The number of sulfonamides is 1. The van der Waals surface area contributed by atoms with E-state index in [2.05, 4.69) is 0 Å². The summed E-state index contributed by atoms with van der Waals surface area (Å²) in [5.41, 5.74) is 6.35. The van der Waals surface area contributed by atoms with Crippen molar-refractivity contribution >= 4 is 19.9 Å². The number of hydrogen-bond donors (Lipinski definition) is 1. The highest BCUT2D eigenvalue weighted by molar-refractivity contribution is 7.91. The monoisotopic (exact) mass is 337 g/mol. The van der Waals surface area contributed by atoms with E-state index >= 15 is 0 Å². The first-order chi connectivity index (χ1) is 9.49. The van der Waals surface area contributed by atoms with Crippen molar-refractivity contribution in [2.75, 3.05) is 25.6 Å². The molecule has 21 heavy (non-hydrogen) atoms. The van der Waals surface area contributed by atoms with Gasteiger partial charge in [-0.1, -0.05) is 0 Å². The third kappa shape index (κ3) is 4.53. The topological polar surface area (TPSA) is 102 Å².